The van der Waals surface area contributed by atoms with Gasteiger partial charge in [0, 0.05) is 26.2 Å². The van der Waals surface area contributed by atoms with Gasteiger partial charge >= 0.3 is 6.09 Å². The van der Waals surface area contributed by atoms with Gasteiger partial charge in [0.1, 0.15) is 17.2 Å². The number of aromatic nitrogens is 1. The summed E-state index contributed by atoms with van der Waals surface area (Å²) in [5, 5.41) is 2.67. The van der Waals surface area contributed by atoms with Gasteiger partial charge in [-0.3, -0.25) is 5.32 Å². The molecule has 0 unspecified atom stereocenters. The molecule has 1 aliphatic heterocycles. The molecule has 1 amide bonds. The van der Waals surface area contributed by atoms with E-state index in [9.17, 15) is 9.18 Å². The van der Waals surface area contributed by atoms with Gasteiger partial charge in [-0.25, -0.2) is 14.2 Å². The minimum atomic E-state index is -0.546. The molecule has 6 nitrogen and oxygen atoms in total. The maximum absolute atomic E-state index is 13.9. The van der Waals surface area contributed by atoms with Gasteiger partial charge in [-0.1, -0.05) is 12.1 Å². The molecular weight excluding hydrogens is 347 g/mol. The lowest BCUT2D eigenvalue weighted by molar-refractivity contribution is 0.0636. The summed E-state index contributed by atoms with van der Waals surface area (Å²) >= 11 is 0. The second kappa shape index (κ2) is 7.82. The van der Waals surface area contributed by atoms with E-state index in [-0.39, 0.29) is 5.82 Å². The van der Waals surface area contributed by atoms with E-state index in [2.05, 4.69) is 15.2 Å². The van der Waals surface area contributed by atoms with Crippen molar-refractivity contribution >= 4 is 23.3 Å². The Morgan fingerprint density at radius 1 is 1.07 bits per heavy atom. The summed E-state index contributed by atoms with van der Waals surface area (Å²) < 4.78 is 19.2. The zero-order chi connectivity index (χ0) is 19.4. The van der Waals surface area contributed by atoms with E-state index in [4.69, 9.17) is 4.74 Å². The number of para-hydroxylation sites is 1. The van der Waals surface area contributed by atoms with Crippen molar-refractivity contribution in [1.29, 1.82) is 0 Å². The molecule has 2 aromatic rings. The summed E-state index contributed by atoms with van der Waals surface area (Å²) in [5.74, 6) is 0.638. The Kier molecular flexibility index (Phi) is 5.48. The molecule has 0 aliphatic carbocycles. The van der Waals surface area contributed by atoms with Crippen molar-refractivity contribution in [2.24, 2.45) is 0 Å². The Bertz CT molecular complexity index is 781. The highest BCUT2D eigenvalue weighted by Gasteiger charge is 2.20. The summed E-state index contributed by atoms with van der Waals surface area (Å²) in [7, 11) is 0. The lowest BCUT2D eigenvalue weighted by Crippen LogP contribution is -2.47. The van der Waals surface area contributed by atoms with Crippen molar-refractivity contribution in [3.63, 3.8) is 0 Å². The fraction of sp³-hybridized carbons (Fsp3) is 0.400. The van der Waals surface area contributed by atoms with Crippen molar-refractivity contribution in [2.75, 3.05) is 41.3 Å². The SMILES string of the molecule is CC(C)(C)OC(=O)Nc1ccc(N2CCN(c3ccccc3F)CC2)nc1. The molecular formula is C20H25FN4O2. The average molecular weight is 372 g/mol. The number of hydrogen-bond donors (Lipinski definition) is 1. The zero-order valence-corrected chi connectivity index (χ0v) is 15.9. The Morgan fingerprint density at radius 3 is 2.33 bits per heavy atom. The predicted octanol–water partition coefficient (Wildman–Crippen LogP) is 3.89. The van der Waals surface area contributed by atoms with Gasteiger partial charge in [0.05, 0.1) is 17.6 Å². The minimum absolute atomic E-state index is 0.193. The molecule has 3 rings (SSSR count). The lowest BCUT2D eigenvalue weighted by Gasteiger charge is -2.36. The van der Waals surface area contributed by atoms with Gasteiger partial charge in [0.2, 0.25) is 0 Å². The summed E-state index contributed by atoms with van der Waals surface area (Å²) in [4.78, 5) is 20.4. The van der Waals surface area contributed by atoms with Crippen molar-refractivity contribution in [2.45, 2.75) is 26.4 Å². The van der Waals surface area contributed by atoms with Crippen LogP contribution >= 0.6 is 0 Å². The van der Waals surface area contributed by atoms with Crippen LogP contribution in [-0.4, -0.2) is 42.9 Å². The van der Waals surface area contributed by atoms with Crippen LogP contribution in [-0.2, 0) is 4.74 Å². The van der Waals surface area contributed by atoms with Crippen LogP contribution in [0, 0.1) is 5.82 Å². The molecule has 1 aromatic heterocycles. The number of ether oxygens (including phenoxy) is 1. The summed E-state index contributed by atoms with van der Waals surface area (Å²) in [6.07, 6.45) is 1.11. The van der Waals surface area contributed by atoms with Crippen LogP contribution < -0.4 is 15.1 Å². The number of pyridine rings is 1. The first-order chi connectivity index (χ1) is 12.8. The van der Waals surface area contributed by atoms with Gasteiger partial charge in [-0.2, -0.15) is 0 Å². The molecule has 1 aromatic carbocycles. The van der Waals surface area contributed by atoms with E-state index in [0.29, 0.717) is 11.4 Å². The predicted molar refractivity (Wildman–Crippen MR) is 105 cm³/mol. The van der Waals surface area contributed by atoms with Crippen LogP contribution in [0.5, 0.6) is 0 Å². The van der Waals surface area contributed by atoms with Crippen molar-refractivity contribution in [3.05, 3.63) is 48.4 Å². The maximum atomic E-state index is 13.9. The maximum Gasteiger partial charge on any atom is 0.412 e. The second-order valence-corrected chi connectivity index (χ2v) is 7.46. The van der Waals surface area contributed by atoms with E-state index < -0.39 is 11.7 Å². The molecule has 0 radical (unpaired) electrons. The molecule has 144 valence electrons. The van der Waals surface area contributed by atoms with Crippen molar-refractivity contribution < 1.29 is 13.9 Å². The van der Waals surface area contributed by atoms with E-state index >= 15 is 0 Å². The number of rotatable bonds is 3. The number of nitrogens with one attached hydrogen (secondary N) is 1. The molecule has 7 heteroatoms. The highest BCUT2D eigenvalue weighted by atomic mass is 19.1. The smallest absolute Gasteiger partial charge is 0.412 e. The number of carbonyl (C=O) groups excluding carboxylic acids is 1. The Hall–Kier alpha value is -2.83. The van der Waals surface area contributed by atoms with Crippen LogP contribution in [0.3, 0.4) is 0 Å². The topological polar surface area (TPSA) is 57.7 Å². The van der Waals surface area contributed by atoms with Crippen LogP contribution in [0.4, 0.5) is 26.4 Å². The quantitative estimate of drug-likeness (QED) is 0.886. The molecule has 2 heterocycles. The highest BCUT2D eigenvalue weighted by molar-refractivity contribution is 5.84. The van der Waals surface area contributed by atoms with E-state index in [1.54, 1.807) is 24.4 Å². The standard InChI is InChI=1S/C20H25FN4O2/c1-20(2,3)27-19(26)23-15-8-9-18(22-14-15)25-12-10-24(11-13-25)17-7-5-4-6-16(17)21/h4-9,14H,10-13H2,1-3H3,(H,23,26). The van der Waals surface area contributed by atoms with E-state index in [1.807, 2.05) is 37.8 Å². The van der Waals surface area contributed by atoms with Crippen LogP contribution in [0.15, 0.2) is 42.6 Å². The van der Waals surface area contributed by atoms with Gasteiger partial charge < -0.3 is 14.5 Å². The normalized spacial score (nSPS) is 14.8. The number of piperazine rings is 1. The first kappa shape index (κ1) is 18.9. The lowest BCUT2D eigenvalue weighted by atomic mass is 10.2. The fourth-order valence-corrected chi connectivity index (χ4v) is 2.95. The number of amides is 1. The third-order valence-corrected chi connectivity index (χ3v) is 4.19. The molecule has 0 spiro atoms. The van der Waals surface area contributed by atoms with Gasteiger partial charge in [0.25, 0.3) is 0 Å². The molecule has 0 bridgehead atoms. The Labute approximate surface area is 158 Å². The Balaban J connectivity index is 1.56. The van der Waals surface area contributed by atoms with Crippen molar-refractivity contribution in [3.8, 4) is 0 Å². The number of carbonyl (C=O) groups is 1. The third kappa shape index (κ3) is 5.09. The molecule has 27 heavy (non-hydrogen) atoms. The molecule has 0 atom stereocenters. The average Bonchev–Trinajstić information content (AvgIpc) is 2.61. The second-order valence-electron chi connectivity index (χ2n) is 7.46. The van der Waals surface area contributed by atoms with Gasteiger partial charge in [-0.05, 0) is 45.0 Å². The van der Waals surface area contributed by atoms with Gasteiger partial charge in [0.15, 0.2) is 0 Å². The van der Waals surface area contributed by atoms with Crippen molar-refractivity contribution in [1.82, 2.24) is 4.98 Å². The first-order valence-corrected chi connectivity index (χ1v) is 9.02. The third-order valence-electron chi connectivity index (χ3n) is 4.19. The molecule has 1 fully saturated rings. The minimum Gasteiger partial charge on any atom is -0.444 e. The molecule has 1 saturated heterocycles. The van der Waals surface area contributed by atoms with E-state index in [0.717, 1.165) is 32.0 Å². The highest BCUT2D eigenvalue weighted by Crippen LogP contribution is 2.22. The monoisotopic (exact) mass is 372 g/mol. The Morgan fingerprint density at radius 2 is 1.74 bits per heavy atom. The van der Waals surface area contributed by atoms with Crippen LogP contribution in [0.2, 0.25) is 0 Å². The van der Waals surface area contributed by atoms with Gasteiger partial charge in [-0.15, -0.1) is 0 Å². The summed E-state index contributed by atoms with van der Waals surface area (Å²) in [6, 6.07) is 10.5. The number of nitrogens with zero attached hydrogens (tertiary/aromatic N) is 3. The molecule has 1 N–H and O–H groups in total. The number of anilines is 3. The van der Waals surface area contributed by atoms with E-state index in [1.165, 1.54) is 6.07 Å². The molecule has 1 aliphatic rings. The number of hydrogen-bond acceptors (Lipinski definition) is 5. The van der Waals surface area contributed by atoms with Crippen LogP contribution in [0.25, 0.3) is 0 Å². The summed E-state index contributed by atoms with van der Waals surface area (Å²) in [5.41, 5.74) is 0.676. The number of halogens is 1. The van der Waals surface area contributed by atoms with Crippen LogP contribution in [0.1, 0.15) is 20.8 Å². The summed E-state index contributed by atoms with van der Waals surface area (Å²) in [6.45, 7) is 8.39. The molecule has 0 saturated carbocycles. The largest absolute Gasteiger partial charge is 0.444 e. The zero-order valence-electron chi connectivity index (χ0n) is 15.9. The fourth-order valence-electron chi connectivity index (χ4n) is 2.95. The number of benzene rings is 1. The first-order valence-electron chi connectivity index (χ1n) is 9.02.